The van der Waals surface area contributed by atoms with Crippen molar-refractivity contribution >= 4 is 17.6 Å². The lowest BCUT2D eigenvalue weighted by atomic mass is 9.76. The normalized spacial score (nSPS) is 25.6. The summed E-state index contributed by atoms with van der Waals surface area (Å²) in [5.74, 6) is -1.54. The van der Waals surface area contributed by atoms with E-state index >= 15 is 0 Å². The van der Waals surface area contributed by atoms with E-state index < -0.39 is 17.8 Å². The molecule has 158 valence electrons. The molecule has 2 N–H and O–H groups in total. The van der Waals surface area contributed by atoms with Gasteiger partial charge < -0.3 is 15.4 Å². The molecular formula is C24H27FN2O3. The van der Waals surface area contributed by atoms with Crippen molar-refractivity contribution < 1.29 is 18.7 Å². The van der Waals surface area contributed by atoms with Crippen LogP contribution in [0.25, 0.3) is 0 Å². The minimum atomic E-state index is -0.536. The van der Waals surface area contributed by atoms with E-state index in [4.69, 9.17) is 10.5 Å². The quantitative estimate of drug-likeness (QED) is 0.606. The lowest BCUT2D eigenvalue weighted by Gasteiger charge is -2.47. The zero-order valence-electron chi connectivity index (χ0n) is 17.3. The number of carbonyl (C=O) groups is 2. The average molecular weight is 410 g/mol. The number of methoxy groups -OCH3 is 1. The van der Waals surface area contributed by atoms with Crippen molar-refractivity contribution in [2.75, 3.05) is 12.8 Å². The van der Waals surface area contributed by atoms with Crippen LogP contribution in [0.15, 0.2) is 42.5 Å². The highest BCUT2D eigenvalue weighted by Gasteiger charge is 2.50. The van der Waals surface area contributed by atoms with Gasteiger partial charge in [-0.25, -0.2) is 4.39 Å². The lowest BCUT2D eigenvalue weighted by molar-refractivity contribution is -0.151. The van der Waals surface area contributed by atoms with E-state index in [-0.39, 0.29) is 29.4 Å². The maximum absolute atomic E-state index is 14.7. The zero-order chi connectivity index (χ0) is 21.4. The summed E-state index contributed by atoms with van der Waals surface area (Å²) in [6, 6.07) is 11.3. The number of esters is 1. The monoisotopic (exact) mass is 410 g/mol. The number of likely N-dealkylation sites (tertiary alicyclic amines) is 1. The number of nitrogen functional groups attached to an aromatic ring is 1. The summed E-state index contributed by atoms with van der Waals surface area (Å²) < 4.78 is 19.9. The van der Waals surface area contributed by atoms with Gasteiger partial charge in [-0.15, -0.1) is 0 Å². The van der Waals surface area contributed by atoms with Gasteiger partial charge in [-0.3, -0.25) is 9.59 Å². The highest BCUT2D eigenvalue weighted by atomic mass is 19.1. The van der Waals surface area contributed by atoms with Gasteiger partial charge in [0.05, 0.1) is 24.6 Å². The molecule has 0 aromatic heterocycles. The number of amides is 1. The van der Waals surface area contributed by atoms with Crippen LogP contribution in [0, 0.1) is 24.6 Å². The summed E-state index contributed by atoms with van der Waals surface area (Å²) in [5, 5.41) is 0. The van der Waals surface area contributed by atoms with E-state index in [1.165, 1.54) is 13.2 Å². The lowest BCUT2D eigenvalue weighted by Crippen LogP contribution is -2.53. The second kappa shape index (κ2) is 8.09. The summed E-state index contributed by atoms with van der Waals surface area (Å²) in [5.41, 5.74) is 7.95. The zero-order valence-corrected chi connectivity index (χ0v) is 17.3. The van der Waals surface area contributed by atoms with Gasteiger partial charge in [0.15, 0.2) is 0 Å². The molecule has 4 rings (SSSR count). The Hall–Kier alpha value is -2.89. The third-order valence-electron chi connectivity index (χ3n) is 6.67. The first-order valence-corrected chi connectivity index (χ1v) is 10.4. The van der Waals surface area contributed by atoms with Crippen LogP contribution in [0.2, 0.25) is 0 Å². The van der Waals surface area contributed by atoms with Crippen molar-refractivity contribution in [3.63, 3.8) is 0 Å². The Bertz CT molecular complexity index is 939. The number of rotatable bonds is 3. The number of nitrogens with zero attached hydrogens (tertiary/aromatic N) is 1. The number of carbonyl (C=O) groups excluding carboxylic acids is 2. The minimum Gasteiger partial charge on any atom is -0.469 e. The fourth-order valence-corrected chi connectivity index (χ4v) is 5.29. The number of hydrogen-bond donors (Lipinski definition) is 1. The molecule has 0 spiro atoms. The summed E-state index contributed by atoms with van der Waals surface area (Å²) in [4.78, 5) is 28.3. The maximum Gasteiger partial charge on any atom is 0.311 e. The highest BCUT2D eigenvalue weighted by Crippen LogP contribution is 2.49. The van der Waals surface area contributed by atoms with Crippen LogP contribution in [-0.4, -0.2) is 29.9 Å². The average Bonchev–Trinajstić information content (AvgIpc) is 3.20. The molecule has 5 nitrogen and oxygen atoms in total. The molecule has 2 aromatic rings. The van der Waals surface area contributed by atoms with Crippen LogP contribution in [0.1, 0.15) is 53.2 Å². The van der Waals surface area contributed by atoms with Crippen molar-refractivity contribution in [2.45, 2.75) is 44.7 Å². The fraction of sp³-hybridized carbons (Fsp3) is 0.417. The first-order chi connectivity index (χ1) is 14.4. The first kappa shape index (κ1) is 20.4. The molecule has 30 heavy (non-hydrogen) atoms. The molecule has 1 aliphatic heterocycles. The van der Waals surface area contributed by atoms with E-state index in [9.17, 15) is 14.0 Å². The van der Waals surface area contributed by atoms with Crippen molar-refractivity contribution in [3.8, 4) is 0 Å². The molecule has 2 aromatic carbocycles. The Morgan fingerprint density at radius 3 is 2.53 bits per heavy atom. The summed E-state index contributed by atoms with van der Waals surface area (Å²) in [6.07, 6.45) is 3.44. The molecule has 1 aliphatic carbocycles. The number of ether oxygens (including phenoxy) is 1. The number of halogens is 1. The SMILES string of the molecule is COC(=O)[C@H]1C[C@H]2CCC[C@H]2N(C(=O)c2c(C)cccc2F)[C@H]1c1ccc(N)cc1. The van der Waals surface area contributed by atoms with Crippen LogP contribution in [-0.2, 0) is 9.53 Å². The molecule has 1 amide bonds. The van der Waals surface area contributed by atoms with E-state index in [1.54, 1.807) is 36.1 Å². The van der Waals surface area contributed by atoms with Gasteiger partial charge in [0.25, 0.3) is 5.91 Å². The second-order valence-electron chi connectivity index (χ2n) is 8.38. The van der Waals surface area contributed by atoms with Gasteiger partial charge in [-0.2, -0.15) is 0 Å². The Labute approximate surface area is 176 Å². The third-order valence-corrected chi connectivity index (χ3v) is 6.67. The van der Waals surface area contributed by atoms with Gasteiger partial charge in [0.2, 0.25) is 0 Å². The van der Waals surface area contributed by atoms with Crippen molar-refractivity contribution in [2.24, 2.45) is 11.8 Å². The van der Waals surface area contributed by atoms with Gasteiger partial charge in [-0.05, 0) is 61.4 Å². The number of piperidine rings is 1. The Balaban J connectivity index is 1.86. The maximum atomic E-state index is 14.7. The van der Waals surface area contributed by atoms with Crippen molar-refractivity contribution in [1.29, 1.82) is 0 Å². The van der Waals surface area contributed by atoms with E-state index in [2.05, 4.69) is 0 Å². The standard InChI is InChI=1S/C24H27FN2O3/c1-14-5-3-7-19(25)21(14)23(28)27-20-8-4-6-16(20)13-18(24(29)30-2)22(27)15-9-11-17(26)12-10-15/h3,5,7,9-12,16,18,20,22H,4,6,8,13,26H2,1-2H3/t16-,18+,20-,22+/m1/s1. The van der Waals surface area contributed by atoms with E-state index in [1.807, 2.05) is 12.1 Å². The van der Waals surface area contributed by atoms with Crippen LogP contribution < -0.4 is 5.73 Å². The number of hydrogen-bond acceptors (Lipinski definition) is 4. The molecule has 1 saturated heterocycles. The highest BCUT2D eigenvalue weighted by molar-refractivity contribution is 5.97. The molecule has 1 heterocycles. The molecular weight excluding hydrogens is 383 g/mol. The molecule has 2 fully saturated rings. The van der Waals surface area contributed by atoms with Gasteiger partial charge >= 0.3 is 5.97 Å². The van der Waals surface area contributed by atoms with Crippen LogP contribution in [0.5, 0.6) is 0 Å². The summed E-state index contributed by atoms with van der Waals surface area (Å²) in [7, 11) is 1.37. The predicted octanol–water partition coefficient (Wildman–Crippen LogP) is 4.26. The Kier molecular flexibility index (Phi) is 5.50. The molecule has 2 aliphatic rings. The third kappa shape index (κ3) is 3.44. The number of benzene rings is 2. The van der Waals surface area contributed by atoms with Gasteiger partial charge in [0, 0.05) is 11.7 Å². The van der Waals surface area contributed by atoms with Crippen LogP contribution >= 0.6 is 0 Å². The molecule has 1 saturated carbocycles. The minimum absolute atomic E-state index is 0.0278. The Morgan fingerprint density at radius 2 is 1.87 bits per heavy atom. The van der Waals surface area contributed by atoms with E-state index in [0.717, 1.165) is 24.8 Å². The van der Waals surface area contributed by atoms with Crippen LogP contribution in [0.4, 0.5) is 10.1 Å². The number of aryl methyl sites for hydroxylation is 1. The smallest absolute Gasteiger partial charge is 0.311 e. The molecule has 0 unspecified atom stereocenters. The predicted molar refractivity (Wildman–Crippen MR) is 112 cm³/mol. The number of anilines is 1. The largest absolute Gasteiger partial charge is 0.469 e. The van der Waals surface area contributed by atoms with Crippen molar-refractivity contribution in [1.82, 2.24) is 4.90 Å². The molecule has 0 radical (unpaired) electrons. The topological polar surface area (TPSA) is 72.6 Å². The molecule has 6 heteroatoms. The Morgan fingerprint density at radius 1 is 1.13 bits per heavy atom. The van der Waals surface area contributed by atoms with Gasteiger partial charge in [0.1, 0.15) is 5.82 Å². The van der Waals surface area contributed by atoms with Crippen molar-refractivity contribution in [3.05, 3.63) is 65.0 Å². The summed E-state index contributed by atoms with van der Waals surface area (Å²) >= 11 is 0. The molecule has 0 bridgehead atoms. The van der Waals surface area contributed by atoms with Crippen LogP contribution in [0.3, 0.4) is 0 Å². The van der Waals surface area contributed by atoms with E-state index in [0.29, 0.717) is 17.7 Å². The molecule has 4 atom stereocenters. The first-order valence-electron chi connectivity index (χ1n) is 10.4. The fourth-order valence-electron chi connectivity index (χ4n) is 5.29. The second-order valence-corrected chi connectivity index (χ2v) is 8.38. The number of fused-ring (bicyclic) bond motifs is 1. The summed E-state index contributed by atoms with van der Waals surface area (Å²) in [6.45, 7) is 1.74. The van der Waals surface area contributed by atoms with Gasteiger partial charge in [-0.1, -0.05) is 30.7 Å². The number of nitrogens with two attached hydrogens (primary N) is 1.